The van der Waals surface area contributed by atoms with Gasteiger partial charge >= 0.3 is 0 Å². The van der Waals surface area contributed by atoms with Crippen molar-refractivity contribution in [1.82, 2.24) is 10.3 Å². The van der Waals surface area contributed by atoms with E-state index >= 15 is 0 Å². The first-order valence-corrected chi connectivity index (χ1v) is 6.72. The molecule has 0 aromatic carbocycles. The van der Waals surface area contributed by atoms with Gasteiger partial charge in [-0.05, 0) is 26.7 Å². The third-order valence-electron chi connectivity index (χ3n) is 2.76. The van der Waals surface area contributed by atoms with E-state index in [1.165, 1.54) is 11.3 Å². The van der Waals surface area contributed by atoms with Crippen molar-refractivity contribution in [3.63, 3.8) is 0 Å². The Labute approximate surface area is 105 Å². The largest absolute Gasteiger partial charge is 0.375 e. The quantitative estimate of drug-likeness (QED) is 0.908. The highest BCUT2D eigenvalue weighted by Crippen LogP contribution is 2.24. The molecule has 1 atom stereocenters. The number of ether oxygens (including phenoxy) is 1. The van der Waals surface area contributed by atoms with Crippen LogP contribution in [0.4, 0.5) is 0 Å². The monoisotopic (exact) mass is 260 g/mol. The average molecular weight is 261 g/mol. The molecule has 2 heterocycles. The molecule has 1 aromatic rings. The minimum Gasteiger partial charge on any atom is -0.375 e. The summed E-state index contributed by atoms with van der Waals surface area (Å²) in [5.74, 6) is 0. The van der Waals surface area contributed by atoms with E-state index in [4.69, 9.17) is 16.3 Å². The van der Waals surface area contributed by atoms with Gasteiger partial charge in [-0.15, -0.1) is 11.3 Å². The number of thiazole rings is 1. The molecular formula is C11H17ClN2OS. The Kier molecular flexibility index (Phi) is 3.85. The number of nitrogens with one attached hydrogen (secondary N) is 1. The Bertz CT molecular complexity index is 354. The smallest absolute Gasteiger partial charge is 0.113 e. The number of hydrogen-bond acceptors (Lipinski definition) is 4. The lowest BCUT2D eigenvalue weighted by Gasteiger charge is -2.35. The second kappa shape index (κ2) is 5.00. The van der Waals surface area contributed by atoms with Crippen LogP contribution in [-0.4, -0.2) is 23.2 Å². The van der Waals surface area contributed by atoms with Crippen molar-refractivity contribution in [2.24, 2.45) is 0 Å². The summed E-state index contributed by atoms with van der Waals surface area (Å²) >= 11 is 7.37. The Hall–Kier alpha value is -0.160. The first kappa shape index (κ1) is 12.3. The lowest BCUT2D eigenvalue weighted by molar-refractivity contribution is -0.0630. The fraction of sp³-hybridized carbons (Fsp3) is 0.727. The summed E-state index contributed by atoms with van der Waals surface area (Å²) in [5, 5.41) is 4.57. The summed E-state index contributed by atoms with van der Waals surface area (Å²) in [4.78, 5) is 4.23. The van der Waals surface area contributed by atoms with Crippen LogP contribution in [0.15, 0.2) is 6.20 Å². The molecular weight excluding hydrogens is 244 g/mol. The maximum atomic E-state index is 5.84. The van der Waals surface area contributed by atoms with Gasteiger partial charge in [0.1, 0.15) is 9.34 Å². The van der Waals surface area contributed by atoms with Crippen LogP contribution in [0.25, 0.3) is 0 Å². The Morgan fingerprint density at radius 2 is 2.50 bits per heavy atom. The molecule has 1 aliphatic rings. The zero-order valence-corrected chi connectivity index (χ0v) is 11.2. The van der Waals surface area contributed by atoms with Crippen LogP contribution in [0.3, 0.4) is 0 Å². The predicted molar refractivity (Wildman–Crippen MR) is 67.0 cm³/mol. The fourth-order valence-corrected chi connectivity index (χ4v) is 2.91. The van der Waals surface area contributed by atoms with Gasteiger partial charge in [-0.25, -0.2) is 4.98 Å². The van der Waals surface area contributed by atoms with Crippen LogP contribution in [-0.2, 0) is 11.3 Å². The summed E-state index contributed by atoms with van der Waals surface area (Å²) in [6, 6.07) is 0.520. The van der Waals surface area contributed by atoms with Crippen molar-refractivity contribution in [3.05, 3.63) is 15.5 Å². The van der Waals surface area contributed by atoms with Crippen LogP contribution in [0.1, 0.15) is 31.7 Å². The first-order chi connectivity index (χ1) is 7.55. The minimum absolute atomic E-state index is 0.00353. The number of hydrogen-bond donors (Lipinski definition) is 1. The highest BCUT2D eigenvalue weighted by molar-refractivity contribution is 7.15. The summed E-state index contributed by atoms with van der Waals surface area (Å²) in [5.41, 5.74) is -0.00353. The standard InChI is InChI=1S/C11H17ClN2OS/c1-11(2)5-8(3-4-15-11)13-7-10-14-6-9(12)16-10/h6,8,13H,3-5,7H2,1-2H3. The van der Waals surface area contributed by atoms with Crippen molar-refractivity contribution in [3.8, 4) is 0 Å². The van der Waals surface area contributed by atoms with Gasteiger partial charge in [-0.3, -0.25) is 0 Å². The predicted octanol–water partition coefficient (Wildman–Crippen LogP) is 2.84. The Balaban J connectivity index is 1.82. The molecule has 16 heavy (non-hydrogen) atoms. The molecule has 0 bridgehead atoms. The maximum absolute atomic E-state index is 5.84. The molecule has 1 aromatic heterocycles. The SMILES string of the molecule is CC1(C)CC(NCc2ncc(Cl)s2)CCO1. The van der Waals surface area contributed by atoms with E-state index in [0.29, 0.717) is 6.04 Å². The summed E-state index contributed by atoms with van der Waals surface area (Å²) in [7, 11) is 0. The molecule has 1 fully saturated rings. The molecule has 2 rings (SSSR count). The van der Waals surface area contributed by atoms with Crippen molar-refractivity contribution in [2.75, 3.05) is 6.61 Å². The molecule has 0 amide bonds. The van der Waals surface area contributed by atoms with E-state index in [2.05, 4.69) is 24.1 Å². The van der Waals surface area contributed by atoms with Crippen molar-refractivity contribution in [2.45, 2.75) is 44.9 Å². The summed E-state index contributed by atoms with van der Waals surface area (Å²) < 4.78 is 6.43. The van der Waals surface area contributed by atoms with Crippen LogP contribution >= 0.6 is 22.9 Å². The molecule has 1 saturated heterocycles. The lowest BCUT2D eigenvalue weighted by atomic mass is 9.94. The van der Waals surface area contributed by atoms with Crippen molar-refractivity contribution in [1.29, 1.82) is 0 Å². The van der Waals surface area contributed by atoms with Crippen LogP contribution in [0.5, 0.6) is 0 Å². The zero-order chi connectivity index (χ0) is 11.6. The van der Waals surface area contributed by atoms with E-state index < -0.39 is 0 Å². The van der Waals surface area contributed by atoms with Crippen LogP contribution in [0, 0.1) is 0 Å². The zero-order valence-electron chi connectivity index (χ0n) is 9.62. The summed E-state index contributed by atoms with van der Waals surface area (Å²) in [6.07, 6.45) is 3.83. The van der Waals surface area contributed by atoms with Crippen molar-refractivity contribution >= 4 is 22.9 Å². The molecule has 0 spiro atoms. The number of aromatic nitrogens is 1. The molecule has 0 saturated carbocycles. The van der Waals surface area contributed by atoms with Gasteiger partial charge < -0.3 is 10.1 Å². The van der Waals surface area contributed by atoms with E-state index in [9.17, 15) is 0 Å². The van der Waals surface area contributed by atoms with E-state index in [0.717, 1.165) is 35.3 Å². The third kappa shape index (κ3) is 3.42. The second-order valence-electron chi connectivity index (χ2n) is 4.74. The first-order valence-electron chi connectivity index (χ1n) is 5.53. The average Bonchev–Trinajstić information content (AvgIpc) is 2.60. The van der Waals surface area contributed by atoms with Crippen molar-refractivity contribution < 1.29 is 4.74 Å². The fourth-order valence-electron chi connectivity index (χ4n) is 2.01. The van der Waals surface area contributed by atoms with E-state index in [-0.39, 0.29) is 5.60 Å². The van der Waals surface area contributed by atoms with Gasteiger partial charge in [0.2, 0.25) is 0 Å². The van der Waals surface area contributed by atoms with Gasteiger partial charge in [-0.1, -0.05) is 11.6 Å². The Morgan fingerprint density at radius 1 is 1.69 bits per heavy atom. The number of rotatable bonds is 3. The van der Waals surface area contributed by atoms with E-state index in [1.807, 2.05) is 0 Å². The third-order valence-corrected chi connectivity index (χ3v) is 3.88. The van der Waals surface area contributed by atoms with Gasteiger partial charge in [-0.2, -0.15) is 0 Å². The lowest BCUT2D eigenvalue weighted by Crippen LogP contribution is -2.43. The Morgan fingerprint density at radius 3 is 3.12 bits per heavy atom. The molecule has 5 heteroatoms. The molecule has 1 unspecified atom stereocenters. The maximum Gasteiger partial charge on any atom is 0.113 e. The van der Waals surface area contributed by atoms with E-state index in [1.54, 1.807) is 6.20 Å². The molecule has 1 N–H and O–H groups in total. The van der Waals surface area contributed by atoms with Gasteiger partial charge in [0.15, 0.2) is 0 Å². The molecule has 1 aliphatic heterocycles. The second-order valence-corrected chi connectivity index (χ2v) is 6.48. The number of halogens is 1. The van der Waals surface area contributed by atoms with Gasteiger partial charge in [0.05, 0.1) is 11.8 Å². The number of nitrogens with zero attached hydrogens (tertiary/aromatic N) is 1. The van der Waals surface area contributed by atoms with Crippen LogP contribution < -0.4 is 5.32 Å². The van der Waals surface area contributed by atoms with Crippen LogP contribution in [0.2, 0.25) is 4.34 Å². The highest BCUT2D eigenvalue weighted by atomic mass is 35.5. The summed E-state index contributed by atoms with van der Waals surface area (Å²) in [6.45, 7) is 5.92. The molecule has 0 radical (unpaired) electrons. The molecule has 3 nitrogen and oxygen atoms in total. The minimum atomic E-state index is -0.00353. The molecule has 90 valence electrons. The topological polar surface area (TPSA) is 34.2 Å². The van der Waals surface area contributed by atoms with Gasteiger partial charge in [0, 0.05) is 19.2 Å². The highest BCUT2D eigenvalue weighted by Gasteiger charge is 2.28. The molecule has 0 aliphatic carbocycles. The van der Waals surface area contributed by atoms with Gasteiger partial charge in [0.25, 0.3) is 0 Å². The normalized spacial score (nSPS) is 24.6.